The number of hydrogen-bond donors (Lipinski definition) is 1. The molecule has 0 aliphatic heterocycles. The first kappa shape index (κ1) is 20.4. The van der Waals surface area contributed by atoms with Gasteiger partial charge in [0.25, 0.3) is 5.91 Å². The van der Waals surface area contributed by atoms with Crippen molar-refractivity contribution in [3.05, 3.63) is 45.3 Å². The van der Waals surface area contributed by atoms with Crippen molar-refractivity contribution in [1.29, 1.82) is 0 Å². The summed E-state index contributed by atoms with van der Waals surface area (Å²) in [6, 6.07) is 5.85. The van der Waals surface area contributed by atoms with Crippen LogP contribution in [0.5, 0.6) is 5.75 Å². The Morgan fingerprint density at radius 3 is 2.68 bits per heavy atom. The average Bonchev–Trinajstić information content (AvgIpc) is 3.02. The highest BCUT2D eigenvalue weighted by Gasteiger charge is 2.28. The predicted molar refractivity (Wildman–Crippen MR) is 112 cm³/mol. The van der Waals surface area contributed by atoms with E-state index in [1.807, 2.05) is 32.0 Å². The fourth-order valence-electron chi connectivity index (χ4n) is 3.46. The van der Waals surface area contributed by atoms with E-state index in [-0.39, 0.29) is 11.9 Å². The van der Waals surface area contributed by atoms with Crippen LogP contribution in [-0.2, 0) is 22.4 Å². The number of carbonyl (C=O) groups excluding carboxylic acids is 2. The minimum atomic E-state index is -0.685. The molecule has 28 heavy (non-hydrogen) atoms. The molecule has 0 saturated carbocycles. The Kier molecular flexibility index (Phi) is 6.39. The second kappa shape index (κ2) is 8.78. The molecule has 2 aromatic rings. The number of hydrogen-bond acceptors (Lipinski definition) is 5. The van der Waals surface area contributed by atoms with E-state index >= 15 is 0 Å². The van der Waals surface area contributed by atoms with E-state index in [0.29, 0.717) is 22.9 Å². The number of amides is 1. The largest absolute Gasteiger partial charge is 0.481 e. The molecule has 1 amide bonds. The van der Waals surface area contributed by atoms with Gasteiger partial charge in [-0.1, -0.05) is 17.7 Å². The number of thiophene rings is 1. The highest BCUT2D eigenvalue weighted by Crippen LogP contribution is 2.38. The minimum Gasteiger partial charge on any atom is -0.481 e. The Bertz CT molecular complexity index is 887. The topological polar surface area (TPSA) is 64.6 Å². The minimum absolute atomic E-state index is 0.274. The molecule has 1 aromatic heterocycles. The number of aryl methyl sites for hydroxylation is 3. The lowest BCUT2D eigenvalue weighted by Gasteiger charge is -2.17. The van der Waals surface area contributed by atoms with Crippen LogP contribution in [0.15, 0.2) is 18.2 Å². The summed E-state index contributed by atoms with van der Waals surface area (Å²) >= 11 is 1.48. The van der Waals surface area contributed by atoms with Gasteiger partial charge in [0, 0.05) is 4.88 Å². The summed E-state index contributed by atoms with van der Waals surface area (Å²) in [5, 5.41) is 3.49. The van der Waals surface area contributed by atoms with Crippen molar-refractivity contribution in [3.8, 4) is 5.75 Å². The van der Waals surface area contributed by atoms with Gasteiger partial charge in [-0.2, -0.15) is 0 Å². The molecule has 0 saturated heterocycles. The number of esters is 1. The summed E-state index contributed by atoms with van der Waals surface area (Å²) in [5.41, 5.74) is 3.69. The second-order valence-electron chi connectivity index (χ2n) is 7.15. The number of rotatable bonds is 6. The van der Waals surface area contributed by atoms with E-state index in [1.54, 1.807) is 13.8 Å². The summed E-state index contributed by atoms with van der Waals surface area (Å²) in [5.74, 6) is 0.0496. The Hall–Kier alpha value is -2.34. The first-order valence-corrected chi connectivity index (χ1v) is 10.6. The molecule has 6 heteroatoms. The third kappa shape index (κ3) is 4.38. The lowest BCUT2D eigenvalue weighted by molar-refractivity contribution is -0.122. The Morgan fingerprint density at radius 1 is 1.21 bits per heavy atom. The zero-order valence-electron chi connectivity index (χ0n) is 16.9. The zero-order valence-corrected chi connectivity index (χ0v) is 17.7. The van der Waals surface area contributed by atoms with Crippen molar-refractivity contribution in [2.75, 3.05) is 11.9 Å². The quantitative estimate of drug-likeness (QED) is 0.705. The second-order valence-corrected chi connectivity index (χ2v) is 8.26. The molecule has 1 aromatic carbocycles. The molecule has 0 fully saturated rings. The third-order valence-electron chi connectivity index (χ3n) is 4.89. The van der Waals surface area contributed by atoms with Crippen molar-refractivity contribution >= 4 is 28.2 Å². The summed E-state index contributed by atoms with van der Waals surface area (Å²) < 4.78 is 11.1. The molecule has 1 atom stereocenters. The fourth-order valence-corrected chi connectivity index (χ4v) is 4.74. The SMILES string of the molecule is CCOC(=O)c1c(NC(=O)[C@H](C)Oc2ccc(C)cc2C)sc2c1CCCC2. The van der Waals surface area contributed by atoms with E-state index in [2.05, 4.69) is 5.32 Å². The van der Waals surface area contributed by atoms with Crippen LogP contribution in [0.1, 0.15) is 58.6 Å². The maximum atomic E-state index is 12.8. The molecule has 1 N–H and O–H groups in total. The molecule has 0 bridgehead atoms. The van der Waals surface area contributed by atoms with E-state index in [1.165, 1.54) is 16.2 Å². The average molecular weight is 402 g/mol. The standard InChI is InChI=1S/C22H27NO4S/c1-5-26-22(25)19-16-8-6-7-9-18(16)28-21(19)23-20(24)15(4)27-17-11-10-13(2)12-14(17)3/h10-12,15H,5-9H2,1-4H3,(H,23,24)/t15-/m0/s1. The molecular weight excluding hydrogens is 374 g/mol. The first-order valence-electron chi connectivity index (χ1n) is 9.77. The van der Waals surface area contributed by atoms with Gasteiger partial charge in [-0.3, -0.25) is 4.79 Å². The van der Waals surface area contributed by atoms with E-state index in [9.17, 15) is 9.59 Å². The Balaban J connectivity index is 1.79. The summed E-state index contributed by atoms with van der Waals surface area (Å²) in [7, 11) is 0. The van der Waals surface area contributed by atoms with Gasteiger partial charge in [0.15, 0.2) is 6.10 Å². The molecule has 1 heterocycles. The van der Waals surface area contributed by atoms with Gasteiger partial charge in [-0.25, -0.2) is 4.79 Å². The number of benzene rings is 1. The number of fused-ring (bicyclic) bond motifs is 1. The van der Waals surface area contributed by atoms with Crippen LogP contribution in [0.3, 0.4) is 0 Å². The summed E-state index contributed by atoms with van der Waals surface area (Å²) in [6.07, 6.45) is 3.27. The molecule has 3 rings (SSSR count). The zero-order chi connectivity index (χ0) is 20.3. The van der Waals surface area contributed by atoms with Crippen LogP contribution in [0.25, 0.3) is 0 Å². The normalized spacial score (nSPS) is 14.1. The highest BCUT2D eigenvalue weighted by atomic mass is 32.1. The maximum Gasteiger partial charge on any atom is 0.341 e. The Morgan fingerprint density at radius 2 is 1.96 bits per heavy atom. The lowest BCUT2D eigenvalue weighted by atomic mass is 9.95. The predicted octanol–water partition coefficient (Wildman–Crippen LogP) is 4.83. The van der Waals surface area contributed by atoms with Crippen molar-refractivity contribution < 1.29 is 19.1 Å². The summed E-state index contributed by atoms with van der Waals surface area (Å²) in [4.78, 5) is 26.5. The number of ether oxygens (including phenoxy) is 2. The van der Waals surface area contributed by atoms with Gasteiger partial charge in [-0.05, 0) is 70.6 Å². The van der Waals surface area contributed by atoms with Gasteiger partial charge in [-0.15, -0.1) is 11.3 Å². The number of nitrogens with one attached hydrogen (secondary N) is 1. The van der Waals surface area contributed by atoms with Gasteiger partial charge in [0.1, 0.15) is 10.8 Å². The number of anilines is 1. The lowest BCUT2D eigenvalue weighted by Crippen LogP contribution is -2.30. The van der Waals surface area contributed by atoms with Crippen molar-refractivity contribution in [1.82, 2.24) is 0 Å². The van der Waals surface area contributed by atoms with Gasteiger partial charge in [0.05, 0.1) is 12.2 Å². The van der Waals surface area contributed by atoms with Crippen molar-refractivity contribution in [3.63, 3.8) is 0 Å². The highest BCUT2D eigenvalue weighted by molar-refractivity contribution is 7.17. The van der Waals surface area contributed by atoms with Gasteiger partial charge < -0.3 is 14.8 Å². The van der Waals surface area contributed by atoms with Crippen LogP contribution in [0.4, 0.5) is 5.00 Å². The molecule has 1 aliphatic carbocycles. The van der Waals surface area contributed by atoms with Crippen LogP contribution in [-0.4, -0.2) is 24.6 Å². The van der Waals surface area contributed by atoms with Crippen LogP contribution < -0.4 is 10.1 Å². The van der Waals surface area contributed by atoms with Crippen LogP contribution in [0.2, 0.25) is 0 Å². The van der Waals surface area contributed by atoms with E-state index in [0.717, 1.165) is 42.4 Å². The maximum absolute atomic E-state index is 12.8. The van der Waals surface area contributed by atoms with Gasteiger partial charge in [0.2, 0.25) is 0 Å². The molecule has 0 spiro atoms. The first-order chi connectivity index (χ1) is 13.4. The van der Waals surface area contributed by atoms with Crippen LogP contribution >= 0.6 is 11.3 Å². The molecule has 5 nitrogen and oxygen atoms in total. The third-order valence-corrected chi connectivity index (χ3v) is 6.10. The monoisotopic (exact) mass is 401 g/mol. The van der Waals surface area contributed by atoms with Crippen molar-refractivity contribution in [2.24, 2.45) is 0 Å². The Labute approximate surface area is 170 Å². The van der Waals surface area contributed by atoms with E-state index in [4.69, 9.17) is 9.47 Å². The van der Waals surface area contributed by atoms with Crippen molar-refractivity contribution in [2.45, 2.75) is 59.5 Å². The molecule has 1 aliphatic rings. The molecule has 150 valence electrons. The smallest absolute Gasteiger partial charge is 0.341 e. The number of carbonyl (C=O) groups is 2. The van der Waals surface area contributed by atoms with E-state index < -0.39 is 6.10 Å². The van der Waals surface area contributed by atoms with Gasteiger partial charge >= 0.3 is 5.97 Å². The fraction of sp³-hybridized carbons (Fsp3) is 0.455. The molecule has 0 radical (unpaired) electrons. The summed E-state index contributed by atoms with van der Waals surface area (Å²) in [6.45, 7) is 7.78. The molecule has 0 unspecified atom stereocenters. The van der Waals surface area contributed by atoms with Crippen LogP contribution in [0, 0.1) is 13.8 Å². The molecular formula is C22H27NO4S.